The zero-order valence-corrected chi connectivity index (χ0v) is 19.4. The van der Waals surface area contributed by atoms with Gasteiger partial charge in [0.15, 0.2) is 0 Å². The molecule has 2 rings (SSSR count). The van der Waals surface area contributed by atoms with E-state index in [9.17, 15) is 18.0 Å². The summed E-state index contributed by atoms with van der Waals surface area (Å²) in [5.41, 5.74) is 1.98. The Labute approximate surface area is 179 Å². The number of methoxy groups -OCH3 is 1. The fraction of sp³-hybridized carbons (Fsp3) is 0.619. The van der Waals surface area contributed by atoms with E-state index in [4.69, 9.17) is 4.74 Å². The lowest BCUT2D eigenvalue weighted by Crippen LogP contribution is -2.52. The summed E-state index contributed by atoms with van der Waals surface area (Å²) in [6.45, 7) is 10.1. The number of ether oxygens (including phenoxy) is 1. The first-order chi connectivity index (χ1) is 14.1. The molecular formula is C21H33N3O5S. The maximum absolute atomic E-state index is 12.9. The first-order valence-corrected chi connectivity index (χ1v) is 11.7. The molecule has 0 aliphatic carbocycles. The van der Waals surface area contributed by atoms with Crippen LogP contribution in [-0.4, -0.2) is 87.3 Å². The Hall–Kier alpha value is -1.97. The van der Waals surface area contributed by atoms with Crippen molar-refractivity contribution in [1.82, 2.24) is 14.1 Å². The molecule has 9 heteroatoms. The smallest absolute Gasteiger partial charge is 0.309 e. The average Bonchev–Trinajstić information content (AvgIpc) is 2.74. The molecule has 30 heavy (non-hydrogen) atoms. The Morgan fingerprint density at radius 2 is 1.77 bits per heavy atom. The highest BCUT2D eigenvalue weighted by atomic mass is 32.2. The van der Waals surface area contributed by atoms with Gasteiger partial charge in [-0.05, 0) is 43.7 Å². The third kappa shape index (κ3) is 5.80. The van der Waals surface area contributed by atoms with E-state index < -0.39 is 10.0 Å². The number of hydrogen-bond donors (Lipinski definition) is 0. The lowest BCUT2D eigenvalue weighted by molar-refractivity contribution is -0.146. The van der Waals surface area contributed by atoms with Crippen molar-refractivity contribution in [2.75, 3.05) is 52.9 Å². The van der Waals surface area contributed by atoms with Crippen LogP contribution in [0.15, 0.2) is 23.1 Å². The second-order valence-corrected chi connectivity index (χ2v) is 9.72. The molecule has 0 N–H and O–H groups in total. The molecular weight excluding hydrogens is 406 g/mol. The number of nitrogens with zero attached hydrogens (tertiary/aromatic N) is 3. The Kier molecular flexibility index (Phi) is 8.40. The van der Waals surface area contributed by atoms with Crippen molar-refractivity contribution in [1.29, 1.82) is 0 Å². The van der Waals surface area contributed by atoms with Crippen LogP contribution < -0.4 is 0 Å². The highest BCUT2D eigenvalue weighted by molar-refractivity contribution is 7.89. The van der Waals surface area contributed by atoms with Gasteiger partial charge in [-0.1, -0.05) is 19.9 Å². The van der Waals surface area contributed by atoms with Gasteiger partial charge >= 0.3 is 5.97 Å². The van der Waals surface area contributed by atoms with Crippen molar-refractivity contribution < 1.29 is 22.7 Å². The predicted molar refractivity (Wildman–Crippen MR) is 115 cm³/mol. The molecule has 8 nitrogen and oxygen atoms in total. The number of carbonyl (C=O) groups excluding carboxylic acids is 2. The second kappa shape index (κ2) is 10.4. The Morgan fingerprint density at radius 3 is 2.30 bits per heavy atom. The van der Waals surface area contributed by atoms with Gasteiger partial charge in [-0.25, -0.2) is 8.42 Å². The van der Waals surface area contributed by atoms with Gasteiger partial charge in [-0.2, -0.15) is 4.31 Å². The largest absolute Gasteiger partial charge is 0.469 e. The normalized spacial score (nSPS) is 16.5. The summed E-state index contributed by atoms with van der Waals surface area (Å²) in [7, 11) is -2.22. The van der Waals surface area contributed by atoms with Crippen LogP contribution in [0.4, 0.5) is 0 Å². The maximum Gasteiger partial charge on any atom is 0.309 e. The van der Waals surface area contributed by atoms with Crippen molar-refractivity contribution in [3.8, 4) is 0 Å². The molecule has 0 aromatic heterocycles. The van der Waals surface area contributed by atoms with Crippen LogP contribution in [0.3, 0.4) is 0 Å². The van der Waals surface area contributed by atoms with E-state index in [2.05, 4.69) is 0 Å². The fourth-order valence-electron chi connectivity index (χ4n) is 3.46. The molecule has 1 aromatic rings. The predicted octanol–water partition coefficient (Wildman–Crippen LogP) is 1.27. The lowest BCUT2D eigenvalue weighted by atomic mass is 10.1. The van der Waals surface area contributed by atoms with Crippen molar-refractivity contribution in [2.45, 2.75) is 32.6 Å². The van der Waals surface area contributed by atoms with Crippen LogP contribution in [0.2, 0.25) is 0 Å². The van der Waals surface area contributed by atoms with E-state index in [-0.39, 0.29) is 37.4 Å². The number of carbonyl (C=O) groups is 2. The summed E-state index contributed by atoms with van der Waals surface area (Å²) >= 11 is 0. The summed E-state index contributed by atoms with van der Waals surface area (Å²) in [5.74, 6) is -0.675. The molecule has 0 bridgehead atoms. The van der Waals surface area contributed by atoms with E-state index >= 15 is 0 Å². The molecule has 0 spiro atoms. The van der Waals surface area contributed by atoms with Crippen LogP contribution >= 0.6 is 0 Å². The fourth-order valence-corrected chi connectivity index (χ4v) is 4.97. The number of hydrogen-bond acceptors (Lipinski definition) is 6. The average molecular weight is 440 g/mol. The van der Waals surface area contributed by atoms with Crippen molar-refractivity contribution in [3.63, 3.8) is 0 Å². The van der Waals surface area contributed by atoms with Crippen molar-refractivity contribution >= 4 is 21.9 Å². The van der Waals surface area contributed by atoms with Crippen LogP contribution in [0, 0.1) is 19.8 Å². The number of benzene rings is 1. The lowest BCUT2D eigenvalue weighted by Gasteiger charge is -2.35. The molecule has 1 unspecified atom stereocenters. The van der Waals surface area contributed by atoms with Gasteiger partial charge in [0.25, 0.3) is 0 Å². The van der Waals surface area contributed by atoms with E-state index in [1.165, 1.54) is 11.4 Å². The molecule has 1 amide bonds. The Balaban J connectivity index is 1.94. The van der Waals surface area contributed by atoms with Gasteiger partial charge in [-0.15, -0.1) is 0 Å². The highest BCUT2D eigenvalue weighted by Crippen LogP contribution is 2.20. The molecule has 1 aromatic carbocycles. The standard InChI is InChI=1S/C21H33N3O5S/c1-6-22(14-18(4)21(26)29-5)15-20(25)23-9-11-24(12-10-23)30(27,28)19-8-7-16(2)17(3)13-19/h7-8,13,18H,6,9-12,14-15H2,1-5H3. The zero-order chi connectivity index (χ0) is 22.5. The zero-order valence-electron chi connectivity index (χ0n) is 18.6. The molecule has 1 aliphatic rings. The van der Waals surface area contributed by atoms with Gasteiger partial charge in [0.05, 0.1) is 24.5 Å². The summed E-state index contributed by atoms with van der Waals surface area (Å²) < 4.78 is 32.1. The SMILES string of the molecule is CCN(CC(=O)N1CCN(S(=O)(=O)c2ccc(C)c(C)c2)CC1)CC(C)C(=O)OC. The number of esters is 1. The molecule has 1 fully saturated rings. The van der Waals surface area contributed by atoms with Crippen LogP contribution in [0.5, 0.6) is 0 Å². The highest BCUT2D eigenvalue weighted by Gasteiger charge is 2.31. The second-order valence-electron chi connectivity index (χ2n) is 7.78. The number of amides is 1. The minimum absolute atomic E-state index is 0.0582. The maximum atomic E-state index is 12.9. The summed E-state index contributed by atoms with van der Waals surface area (Å²) in [5, 5.41) is 0. The Morgan fingerprint density at radius 1 is 1.13 bits per heavy atom. The number of piperazine rings is 1. The molecule has 1 heterocycles. The van der Waals surface area contributed by atoms with E-state index in [1.54, 1.807) is 24.0 Å². The number of likely N-dealkylation sites (N-methyl/N-ethyl adjacent to an activating group) is 1. The number of aryl methyl sites for hydroxylation is 2. The van der Waals surface area contributed by atoms with Gasteiger partial charge in [-0.3, -0.25) is 14.5 Å². The van der Waals surface area contributed by atoms with Gasteiger partial charge < -0.3 is 9.64 Å². The minimum atomic E-state index is -3.57. The third-order valence-corrected chi connectivity index (χ3v) is 7.54. The molecule has 0 radical (unpaired) electrons. The summed E-state index contributed by atoms with van der Waals surface area (Å²) in [6.07, 6.45) is 0. The van der Waals surface area contributed by atoms with Crippen LogP contribution in [0.25, 0.3) is 0 Å². The van der Waals surface area contributed by atoms with E-state index in [0.717, 1.165) is 11.1 Å². The quantitative estimate of drug-likeness (QED) is 0.567. The van der Waals surface area contributed by atoms with E-state index in [0.29, 0.717) is 31.1 Å². The summed E-state index contributed by atoms with van der Waals surface area (Å²) in [6, 6.07) is 5.15. The first kappa shape index (κ1) is 24.3. The van der Waals surface area contributed by atoms with Gasteiger partial charge in [0, 0.05) is 32.7 Å². The van der Waals surface area contributed by atoms with Crippen LogP contribution in [-0.2, 0) is 24.3 Å². The molecule has 1 saturated heterocycles. The third-order valence-electron chi connectivity index (χ3n) is 5.65. The number of sulfonamides is 1. The van der Waals surface area contributed by atoms with Crippen LogP contribution in [0.1, 0.15) is 25.0 Å². The molecule has 0 saturated carbocycles. The molecule has 1 atom stereocenters. The Bertz CT molecular complexity index is 863. The number of rotatable bonds is 8. The summed E-state index contributed by atoms with van der Waals surface area (Å²) in [4.78, 5) is 28.2. The topological polar surface area (TPSA) is 87.2 Å². The van der Waals surface area contributed by atoms with Crippen molar-refractivity contribution in [2.24, 2.45) is 5.92 Å². The van der Waals surface area contributed by atoms with Gasteiger partial charge in [0.1, 0.15) is 0 Å². The minimum Gasteiger partial charge on any atom is -0.469 e. The molecule has 1 aliphatic heterocycles. The van der Waals surface area contributed by atoms with Crippen molar-refractivity contribution in [3.05, 3.63) is 29.3 Å². The van der Waals surface area contributed by atoms with E-state index in [1.807, 2.05) is 31.7 Å². The molecule has 168 valence electrons. The monoisotopic (exact) mass is 439 g/mol. The van der Waals surface area contributed by atoms with Gasteiger partial charge in [0.2, 0.25) is 15.9 Å². The first-order valence-electron chi connectivity index (χ1n) is 10.3.